The molecule has 0 aliphatic carbocycles. The molecule has 0 heterocycles. The van der Waals surface area contributed by atoms with Crippen molar-refractivity contribution in [3.8, 4) is 0 Å². The number of nitrogens with two attached hydrogens (primary N) is 1. The maximum absolute atomic E-state index is 12.5. The Kier molecular flexibility index (Phi) is 4.94. The minimum atomic E-state index is -4.43. The van der Waals surface area contributed by atoms with Crippen LogP contribution in [0.15, 0.2) is 24.3 Å². The van der Waals surface area contributed by atoms with E-state index >= 15 is 0 Å². The molecule has 1 aromatic rings. The Hall–Kier alpha value is -1.56. The zero-order valence-electron chi connectivity index (χ0n) is 10.8. The fraction of sp³-hybridized carbons (Fsp3) is 0.462. The standard InChI is InChI=1S/C13H17F3N2O/c1-8(2)6-11(17)12(19)18-10-5-3-4-9(7-10)13(14,15)16/h3-5,7-8,11H,6,17H2,1-2H3,(H,18,19)/t11-/m1/s1. The Labute approximate surface area is 110 Å². The molecule has 1 atom stereocenters. The molecule has 0 unspecified atom stereocenters. The molecule has 0 saturated heterocycles. The van der Waals surface area contributed by atoms with E-state index in [1.165, 1.54) is 12.1 Å². The van der Waals surface area contributed by atoms with E-state index in [-0.39, 0.29) is 11.6 Å². The van der Waals surface area contributed by atoms with Gasteiger partial charge < -0.3 is 11.1 Å². The van der Waals surface area contributed by atoms with Crippen LogP contribution in [0.1, 0.15) is 25.8 Å². The summed E-state index contributed by atoms with van der Waals surface area (Å²) in [4.78, 5) is 11.7. The summed E-state index contributed by atoms with van der Waals surface area (Å²) < 4.78 is 37.5. The lowest BCUT2D eigenvalue weighted by Crippen LogP contribution is -2.36. The van der Waals surface area contributed by atoms with Crippen molar-refractivity contribution in [3.63, 3.8) is 0 Å². The van der Waals surface area contributed by atoms with Gasteiger partial charge in [-0.15, -0.1) is 0 Å². The van der Waals surface area contributed by atoms with Crippen LogP contribution in [0.4, 0.5) is 18.9 Å². The number of rotatable bonds is 4. The fourth-order valence-electron chi connectivity index (χ4n) is 1.62. The first-order valence-electron chi connectivity index (χ1n) is 5.94. The first kappa shape index (κ1) is 15.5. The van der Waals surface area contributed by atoms with Crippen molar-refractivity contribution in [2.75, 3.05) is 5.32 Å². The number of carbonyl (C=O) groups is 1. The van der Waals surface area contributed by atoms with E-state index in [2.05, 4.69) is 5.32 Å². The largest absolute Gasteiger partial charge is 0.416 e. The van der Waals surface area contributed by atoms with Crippen LogP contribution >= 0.6 is 0 Å². The number of anilines is 1. The normalized spacial score (nSPS) is 13.4. The summed E-state index contributed by atoms with van der Waals surface area (Å²) in [5.74, 6) is -0.240. The maximum atomic E-state index is 12.5. The summed E-state index contributed by atoms with van der Waals surface area (Å²) >= 11 is 0. The quantitative estimate of drug-likeness (QED) is 0.886. The SMILES string of the molecule is CC(C)C[C@@H](N)C(=O)Nc1cccc(C(F)(F)F)c1. The molecule has 0 bridgehead atoms. The minimum absolute atomic E-state index is 0.0963. The first-order chi connectivity index (χ1) is 8.70. The van der Waals surface area contributed by atoms with Crippen molar-refractivity contribution in [2.24, 2.45) is 11.7 Å². The molecule has 3 N–H and O–H groups in total. The highest BCUT2D eigenvalue weighted by Gasteiger charge is 2.30. The number of hydrogen-bond acceptors (Lipinski definition) is 2. The second-order valence-electron chi connectivity index (χ2n) is 4.80. The van der Waals surface area contributed by atoms with Crippen LogP contribution in [-0.2, 0) is 11.0 Å². The van der Waals surface area contributed by atoms with Gasteiger partial charge >= 0.3 is 6.18 Å². The van der Waals surface area contributed by atoms with Gasteiger partial charge in [0.2, 0.25) is 5.91 Å². The van der Waals surface area contributed by atoms with Gasteiger partial charge in [0.05, 0.1) is 11.6 Å². The monoisotopic (exact) mass is 274 g/mol. The predicted octanol–water partition coefficient (Wildman–Crippen LogP) is 3.02. The first-order valence-corrected chi connectivity index (χ1v) is 5.94. The van der Waals surface area contributed by atoms with Gasteiger partial charge in [-0.3, -0.25) is 4.79 Å². The van der Waals surface area contributed by atoms with Gasteiger partial charge in [-0.1, -0.05) is 19.9 Å². The number of nitrogens with one attached hydrogen (secondary N) is 1. The van der Waals surface area contributed by atoms with E-state index in [0.29, 0.717) is 6.42 Å². The summed E-state index contributed by atoms with van der Waals surface area (Å²) in [6, 6.07) is 3.75. The van der Waals surface area contributed by atoms with E-state index < -0.39 is 23.7 Å². The average Bonchev–Trinajstić information content (AvgIpc) is 2.27. The molecule has 0 radical (unpaired) electrons. The third-order valence-corrected chi connectivity index (χ3v) is 2.52. The smallest absolute Gasteiger partial charge is 0.325 e. The van der Waals surface area contributed by atoms with Crippen LogP contribution in [0.2, 0.25) is 0 Å². The molecule has 0 aliphatic heterocycles. The van der Waals surface area contributed by atoms with Gasteiger partial charge in [0.15, 0.2) is 0 Å². The summed E-state index contributed by atoms with van der Waals surface area (Å²) in [5, 5.41) is 2.40. The number of halogens is 3. The van der Waals surface area contributed by atoms with Gasteiger partial charge in [0.25, 0.3) is 0 Å². The topological polar surface area (TPSA) is 55.1 Å². The fourth-order valence-corrected chi connectivity index (χ4v) is 1.62. The lowest BCUT2D eigenvalue weighted by Gasteiger charge is -2.15. The molecule has 19 heavy (non-hydrogen) atoms. The molecule has 0 saturated carbocycles. The van der Waals surface area contributed by atoms with Crippen LogP contribution in [-0.4, -0.2) is 11.9 Å². The van der Waals surface area contributed by atoms with Crippen LogP contribution in [0.5, 0.6) is 0 Å². The number of benzene rings is 1. The highest BCUT2D eigenvalue weighted by atomic mass is 19.4. The molecule has 0 fully saturated rings. The average molecular weight is 274 g/mol. The Morgan fingerprint density at radius 3 is 2.53 bits per heavy atom. The van der Waals surface area contributed by atoms with E-state index in [1.807, 2.05) is 13.8 Å². The van der Waals surface area contributed by atoms with Crippen molar-refractivity contribution in [3.05, 3.63) is 29.8 Å². The van der Waals surface area contributed by atoms with Crippen molar-refractivity contribution in [2.45, 2.75) is 32.5 Å². The molecule has 0 spiro atoms. The maximum Gasteiger partial charge on any atom is 0.416 e. The van der Waals surface area contributed by atoms with Crippen LogP contribution in [0.25, 0.3) is 0 Å². The van der Waals surface area contributed by atoms with Crippen LogP contribution in [0, 0.1) is 5.92 Å². The van der Waals surface area contributed by atoms with Gasteiger partial charge in [-0.25, -0.2) is 0 Å². The second-order valence-corrected chi connectivity index (χ2v) is 4.80. The number of carbonyl (C=O) groups excluding carboxylic acids is 1. The molecular formula is C13H17F3N2O. The molecule has 1 amide bonds. The highest BCUT2D eigenvalue weighted by molar-refractivity contribution is 5.94. The zero-order valence-corrected chi connectivity index (χ0v) is 10.8. The zero-order chi connectivity index (χ0) is 14.6. The molecule has 0 aromatic heterocycles. The third-order valence-electron chi connectivity index (χ3n) is 2.52. The summed E-state index contributed by atoms with van der Waals surface area (Å²) in [6.45, 7) is 3.83. The van der Waals surface area contributed by atoms with E-state index in [9.17, 15) is 18.0 Å². The lowest BCUT2D eigenvalue weighted by molar-refractivity contribution is -0.137. The Morgan fingerprint density at radius 2 is 2.00 bits per heavy atom. The number of hydrogen-bond donors (Lipinski definition) is 2. The van der Waals surface area contributed by atoms with E-state index in [4.69, 9.17) is 5.73 Å². The predicted molar refractivity (Wildman–Crippen MR) is 67.5 cm³/mol. The van der Waals surface area contributed by atoms with Crippen molar-refractivity contribution >= 4 is 11.6 Å². The third kappa shape index (κ3) is 4.90. The lowest BCUT2D eigenvalue weighted by atomic mass is 10.0. The Balaban J connectivity index is 2.75. The summed E-state index contributed by atoms with van der Waals surface area (Å²) in [7, 11) is 0. The Morgan fingerprint density at radius 1 is 1.37 bits per heavy atom. The molecule has 3 nitrogen and oxygen atoms in total. The van der Waals surface area contributed by atoms with Crippen molar-refractivity contribution in [1.29, 1.82) is 0 Å². The van der Waals surface area contributed by atoms with E-state index in [0.717, 1.165) is 12.1 Å². The van der Waals surface area contributed by atoms with Gasteiger partial charge in [0, 0.05) is 5.69 Å². The van der Waals surface area contributed by atoms with Gasteiger partial charge in [0.1, 0.15) is 0 Å². The second kappa shape index (κ2) is 6.06. The molecular weight excluding hydrogens is 257 g/mol. The van der Waals surface area contributed by atoms with Crippen LogP contribution in [0.3, 0.4) is 0 Å². The molecule has 0 aliphatic rings. The molecule has 6 heteroatoms. The van der Waals surface area contributed by atoms with Crippen LogP contribution < -0.4 is 11.1 Å². The number of amides is 1. The van der Waals surface area contributed by atoms with Crippen molar-refractivity contribution < 1.29 is 18.0 Å². The van der Waals surface area contributed by atoms with Gasteiger partial charge in [-0.05, 0) is 30.5 Å². The molecule has 1 rings (SSSR count). The molecule has 106 valence electrons. The highest BCUT2D eigenvalue weighted by Crippen LogP contribution is 2.30. The minimum Gasteiger partial charge on any atom is -0.325 e. The summed E-state index contributed by atoms with van der Waals surface area (Å²) in [5.41, 5.74) is 4.95. The van der Waals surface area contributed by atoms with Crippen molar-refractivity contribution in [1.82, 2.24) is 0 Å². The molecule has 1 aromatic carbocycles. The Bertz CT molecular complexity index is 444. The summed E-state index contributed by atoms with van der Waals surface area (Å²) in [6.07, 6.45) is -3.95. The number of alkyl halides is 3. The van der Waals surface area contributed by atoms with E-state index in [1.54, 1.807) is 0 Å². The van der Waals surface area contributed by atoms with Gasteiger partial charge in [-0.2, -0.15) is 13.2 Å².